The highest BCUT2D eigenvalue weighted by atomic mass is 35.7. The number of ether oxygens (including phenoxy) is 4. The van der Waals surface area contributed by atoms with Crippen molar-refractivity contribution in [2.24, 2.45) is 0 Å². The standard InChI is InChI=1S/C12H17ClO6S/c1-16-10-4-3-5-11(17-2)12(10)19-7-6-18-8-9-20(13,14)15/h3-5H,6-9H2,1-2H3. The van der Waals surface area contributed by atoms with Crippen LogP contribution in [0, 0.1) is 0 Å². The van der Waals surface area contributed by atoms with Gasteiger partial charge >= 0.3 is 0 Å². The van der Waals surface area contributed by atoms with Gasteiger partial charge in [-0.3, -0.25) is 0 Å². The fourth-order valence-electron chi connectivity index (χ4n) is 1.42. The predicted molar refractivity (Wildman–Crippen MR) is 75.5 cm³/mol. The van der Waals surface area contributed by atoms with Crippen molar-refractivity contribution in [3.8, 4) is 17.2 Å². The fraction of sp³-hybridized carbons (Fsp3) is 0.500. The van der Waals surface area contributed by atoms with E-state index in [-0.39, 0.29) is 25.6 Å². The second-order valence-electron chi connectivity index (χ2n) is 3.70. The lowest BCUT2D eigenvalue weighted by Gasteiger charge is -2.14. The molecule has 0 saturated heterocycles. The molecule has 0 radical (unpaired) electrons. The van der Waals surface area contributed by atoms with Crippen LogP contribution in [0.1, 0.15) is 0 Å². The van der Waals surface area contributed by atoms with Crippen molar-refractivity contribution in [1.82, 2.24) is 0 Å². The van der Waals surface area contributed by atoms with Crippen LogP contribution in [0.4, 0.5) is 0 Å². The van der Waals surface area contributed by atoms with Gasteiger partial charge < -0.3 is 18.9 Å². The fourth-order valence-corrected chi connectivity index (χ4v) is 1.93. The summed E-state index contributed by atoms with van der Waals surface area (Å²) in [6.07, 6.45) is 0. The van der Waals surface area contributed by atoms with Gasteiger partial charge in [0.1, 0.15) is 6.61 Å². The van der Waals surface area contributed by atoms with Crippen LogP contribution >= 0.6 is 10.7 Å². The summed E-state index contributed by atoms with van der Waals surface area (Å²) in [7, 11) is 4.59. The number of para-hydroxylation sites is 1. The summed E-state index contributed by atoms with van der Waals surface area (Å²) in [5.41, 5.74) is 0. The van der Waals surface area contributed by atoms with Crippen molar-refractivity contribution in [2.75, 3.05) is 39.8 Å². The molecule has 8 heteroatoms. The lowest BCUT2D eigenvalue weighted by Crippen LogP contribution is -2.12. The second-order valence-corrected chi connectivity index (χ2v) is 6.59. The molecule has 1 aromatic rings. The van der Waals surface area contributed by atoms with Gasteiger partial charge in [0, 0.05) is 10.7 Å². The molecule has 0 N–H and O–H groups in total. The quantitative estimate of drug-likeness (QED) is 0.508. The molecule has 6 nitrogen and oxygen atoms in total. The molecule has 1 aromatic carbocycles. The predicted octanol–water partition coefficient (Wildman–Crippen LogP) is 1.67. The smallest absolute Gasteiger partial charge is 0.234 e. The Bertz CT molecular complexity index is 494. The molecule has 114 valence electrons. The first-order valence-corrected chi connectivity index (χ1v) is 8.29. The first-order valence-electron chi connectivity index (χ1n) is 5.82. The first kappa shape index (κ1) is 16.9. The van der Waals surface area contributed by atoms with Gasteiger partial charge in [-0.2, -0.15) is 0 Å². The van der Waals surface area contributed by atoms with Crippen molar-refractivity contribution < 1.29 is 27.4 Å². The summed E-state index contributed by atoms with van der Waals surface area (Å²) in [6.45, 7) is 0.491. The minimum absolute atomic E-state index is 0.0260. The van der Waals surface area contributed by atoms with Crippen LogP contribution in [0.2, 0.25) is 0 Å². The van der Waals surface area contributed by atoms with E-state index in [1.54, 1.807) is 18.2 Å². The number of methoxy groups -OCH3 is 2. The minimum atomic E-state index is -3.52. The van der Waals surface area contributed by atoms with Crippen LogP contribution in [0.25, 0.3) is 0 Å². The molecule has 0 aliphatic carbocycles. The molecule has 0 spiro atoms. The minimum Gasteiger partial charge on any atom is -0.493 e. The van der Waals surface area contributed by atoms with Crippen LogP contribution in [-0.4, -0.2) is 48.2 Å². The Kier molecular flexibility index (Phi) is 6.90. The summed E-state index contributed by atoms with van der Waals surface area (Å²) in [5.74, 6) is 1.35. The topological polar surface area (TPSA) is 71.1 Å². The Hall–Kier alpha value is -1.18. The normalized spacial score (nSPS) is 11.2. The van der Waals surface area contributed by atoms with Gasteiger partial charge in [-0.1, -0.05) is 6.07 Å². The van der Waals surface area contributed by atoms with E-state index in [0.29, 0.717) is 17.2 Å². The van der Waals surface area contributed by atoms with E-state index < -0.39 is 9.05 Å². The van der Waals surface area contributed by atoms with Gasteiger partial charge in [0.15, 0.2) is 11.5 Å². The van der Waals surface area contributed by atoms with E-state index in [4.69, 9.17) is 29.6 Å². The van der Waals surface area contributed by atoms with Gasteiger partial charge in [-0.25, -0.2) is 8.42 Å². The van der Waals surface area contributed by atoms with Crippen molar-refractivity contribution in [3.05, 3.63) is 18.2 Å². The second kappa shape index (κ2) is 8.18. The van der Waals surface area contributed by atoms with E-state index in [0.717, 1.165) is 0 Å². The summed E-state index contributed by atoms with van der Waals surface area (Å²) in [5, 5.41) is 0. The van der Waals surface area contributed by atoms with Crippen molar-refractivity contribution in [1.29, 1.82) is 0 Å². The monoisotopic (exact) mass is 324 g/mol. The van der Waals surface area contributed by atoms with Crippen molar-refractivity contribution in [3.63, 3.8) is 0 Å². The first-order chi connectivity index (χ1) is 9.48. The number of benzene rings is 1. The molecule has 0 saturated carbocycles. The van der Waals surface area contributed by atoms with Gasteiger partial charge in [0.25, 0.3) is 0 Å². The maximum atomic E-state index is 10.7. The highest BCUT2D eigenvalue weighted by molar-refractivity contribution is 8.13. The largest absolute Gasteiger partial charge is 0.493 e. The average Bonchev–Trinajstić information content (AvgIpc) is 2.41. The summed E-state index contributed by atoms with van der Waals surface area (Å²) in [6, 6.07) is 5.28. The highest BCUT2D eigenvalue weighted by Gasteiger charge is 2.11. The SMILES string of the molecule is COc1cccc(OC)c1OCCOCCS(=O)(=O)Cl. The van der Waals surface area contributed by atoms with E-state index in [2.05, 4.69) is 0 Å². The molecule has 0 aromatic heterocycles. The molecular formula is C12H17ClO6S. The molecule has 0 fully saturated rings. The Balaban J connectivity index is 2.42. The number of hydrogen-bond acceptors (Lipinski definition) is 6. The maximum absolute atomic E-state index is 10.7. The van der Waals surface area contributed by atoms with E-state index in [9.17, 15) is 8.42 Å². The molecule has 0 aliphatic rings. The molecular weight excluding hydrogens is 308 g/mol. The van der Waals surface area contributed by atoms with Crippen LogP contribution in [0.5, 0.6) is 17.2 Å². The summed E-state index contributed by atoms with van der Waals surface area (Å²) < 4.78 is 42.3. The van der Waals surface area contributed by atoms with Crippen molar-refractivity contribution in [2.45, 2.75) is 0 Å². The van der Waals surface area contributed by atoms with E-state index in [1.165, 1.54) is 14.2 Å². The molecule has 0 heterocycles. The van der Waals surface area contributed by atoms with Gasteiger partial charge in [-0.05, 0) is 12.1 Å². The van der Waals surface area contributed by atoms with E-state index >= 15 is 0 Å². The Morgan fingerprint density at radius 2 is 1.65 bits per heavy atom. The molecule has 0 bridgehead atoms. The third-order valence-electron chi connectivity index (χ3n) is 2.33. The number of halogens is 1. The van der Waals surface area contributed by atoms with Crippen LogP contribution in [0.3, 0.4) is 0 Å². The van der Waals surface area contributed by atoms with Gasteiger partial charge in [0.2, 0.25) is 14.8 Å². The molecule has 1 rings (SSSR count). The third kappa shape index (κ3) is 5.85. The number of hydrogen-bond donors (Lipinski definition) is 0. The average molecular weight is 325 g/mol. The molecule has 0 amide bonds. The van der Waals surface area contributed by atoms with Crippen LogP contribution in [0.15, 0.2) is 18.2 Å². The zero-order chi connectivity index (χ0) is 15.0. The Morgan fingerprint density at radius 1 is 1.05 bits per heavy atom. The summed E-state index contributed by atoms with van der Waals surface area (Å²) in [4.78, 5) is 0. The lowest BCUT2D eigenvalue weighted by atomic mass is 10.3. The zero-order valence-corrected chi connectivity index (χ0v) is 12.9. The molecule has 0 aliphatic heterocycles. The summed E-state index contributed by atoms with van der Waals surface area (Å²) >= 11 is 0. The molecule has 0 unspecified atom stereocenters. The zero-order valence-electron chi connectivity index (χ0n) is 11.3. The highest BCUT2D eigenvalue weighted by Crippen LogP contribution is 2.36. The van der Waals surface area contributed by atoms with Gasteiger partial charge in [0.05, 0.1) is 33.2 Å². The maximum Gasteiger partial charge on any atom is 0.234 e. The van der Waals surface area contributed by atoms with Gasteiger partial charge in [-0.15, -0.1) is 0 Å². The third-order valence-corrected chi connectivity index (χ3v) is 3.45. The molecule has 0 atom stereocenters. The number of rotatable bonds is 9. The van der Waals surface area contributed by atoms with Crippen LogP contribution in [-0.2, 0) is 13.8 Å². The Morgan fingerprint density at radius 3 is 2.15 bits per heavy atom. The Labute approximate surface area is 123 Å². The van der Waals surface area contributed by atoms with Crippen molar-refractivity contribution >= 4 is 19.7 Å². The van der Waals surface area contributed by atoms with E-state index in [1.807, 2.05) is 0 Å². The molecule has 20 heavy (non-hydrogen) atoms. The van der Waals surface area contributed by atoms with Crippen LogP contribution < -0.4 is 14.2 Å². The lowest BCUT2D eigenvalue weighted by molar-refractivity contribution is 0.109.